The van der Waals surface area contributed by atoms with E-state index >= 15 is 0 Å². The van der Waals surface area contributed by atoms with Gasteiger partial charge in [0.15, 0.2) is 0 Å². The summed E-state index contributed by atoms with van der Waals surface area (Å²) in [5, 5.41) is 0. The van der Waals surface area contributed by atoms with Gasteiger partial charge >= 0.3 is 0 Å². The highest BCUT2D eigenvalue weighted by Gasteiger charge is 2.23. The highest BCUT2D eigenvalue weighted by Crippen LogP contribution is 2.13. The SMILES string of the molecule is CC(Cc1cccc(F)c1)N1CCOC(CN)C1. The van der Waals surface area contributed by atoms with Crippen molar-refractivity contribution in [3.63, 3.8) is 0 Å². The van der Waals surface area contributed by atoms with Crippen LogP contribution in [0, 0.1) is 5.82 Å². The van der Waals surface area contributed by atoms with Crippen LogP contribution in [0.3, 0.4) is 0 Å². The van der Waals surface area contributed by atoms with Crippen molar-refractivity contribution in [3.8, 4) is 0 Å². The third-order valence-corrected chi connectivity index (χ3v) is 3.48. The molecule has 2 unspecified atom stereocenters. The van der Waals surface area contributed by atoms with Gasteiger partial charge in [-0.2, -0.15) is 0 Å². The van der Waals surface area contributed by atoms with Crippen LogP contribution in [0.4, 0.5) is 4.39 Å². The Morgan fingerprint density at radius 1 is 1.56 bits per heavy atom. The van der Waals surface area contributed by atoms with Crippen molar-refractivity contribution < 1.29 is 9.13 Å². The van der Waals surface area contributed by atoms with Gasteiger partial charge in [-0.25, -0.2) is 4.39 Å². The fourth-order valence-corrected chi connectivity index (χ4v) is 2.42. The number of halogens is 1. The molecule has 1 heterocycles. The second kappa shape index (κ2) is 6.27. The molecule has 0 spiro atoms. The van der Waals surface area contributed by atoms with E-state index in [2.05, 4.69) is 11.8 Å². The van der Waals surface area contributed by atoms with Gasteiger partial charge in [0, 0.05) is 25.7 Å². The molecule has 1 aliphatic rings. The zero-order valence-corrected chi connectivity index (χ0v) is 10.8. The molecule has 100 valence electrons. The van der Waals surface area contributed by atoms with E-state index in [-0.39, 0.29) is 11.9 Å². The largest absolute Gasteiger partial charge is 0.374 e. The zero-order valence-electron chi connectivity index (χ0n) is 10.8. The average Bonchev–Trinajstić information content (AvgIpc) is 2.39. The van der Waals surface area contributed by atoms with Gasteiger partial charge in [0.2, 0.25) is 0 Å². The molecular weight excluding hydrogens is 231 g/mol. The van der Waals surface area contributed by atoms with Crippen LogP contribution in [-0.4, -0.2) is 43.3 Å². The molecule has 0 radical (unpaired) electrons. The fraction of sp³-hybridized carbons (Fsp3) is 0.571. The molecule has 1 aliphatic heterocycles. The maximum Gasteiger partial charge on any atom is 0.123 e. The van der Waals surface area contributed by atoms with Gasteiger partial charge in [0.05, 0.1) is 12.7 Å². The summed E-state index contributed by atoms with van der Waals surface area (Å²) >= 11 is 0. The maximum absolute atomic E-state index is 13.1. The quantitative estimate of drug-likeness (QED) is 0.880. The third-order valence-electron chi connectivity index (χ3n) is 3.48. The van der Waals surface area contributed by atoms with E-state index < -0.39 is 0 Å². The molecule has 0 aromatic heterocycles. The van der Waals surface area contributed by atoms with Crippen molar-refractivity contribution >= 4 is 0 Å². The van der Waals surface area contributed by atoms with Crippen molar-refractivity contribution in [2.45, 2.75) is 25.5 Å². The fourth-order valence-electron chi connectivity index (χ4n) is 2.42. The molecule has 0 amide bonds. The molecule has 2 N–H and O–H groups in total. The normalized spacial score (nSPS) is 22.9. The first-order chi connectivity index (χ1) is 8.69. The predicted molar refractivity (Wildman–Crippen MR) is 69.9 cm³/mol. The van der Waals surface area contributed by atoms with Gasteiger partial charge in [-0.05, 0) is 31.0 Å². The number of hydrogen-bond acceptors (Lipinski definition) is 3. The van der Waals surface area contributed by atoms with Crippen LogP contribution in [0.15, 0.2) is 24.3 Å². The minimum Gasteiger partial charge on any atom is -0.374 e. The van der Waals surface area contributed by atoms with Crippen LogP contribution in [0.1, 0.15) is 12.5 Å². The summed E-state index contributed by atoms with van der Waals surface area (Å²) in [5.41, 5.74) is 6.68. The van der Waals surface area contributed by atoms with Gasteiger partial charge < -0.3 is 10.5 Å². The molecule has 2 atom stereocenters. The lowest BCUT2D eigenvalue weighted by atomic mass is 10.0. The lowest BCUT2D eigenvalue weighted by Crippen LogP contribution is -2.49. The molecule has 1 aromatic carbocycles. The molecule has 2 rings (SSSR count). The Morgan fingerprint density at radius 2 is 2.39 bits per heavy atom. The number of rotatable bonds is 4. The number of hydrogen-bond donors (Lipinski definition) is 1. The molecule has 4 heteroatoms. The van der Waals surface area contributed by atoms with Gasteiger partial charge in [-0.15, -0.1) is 0 Å². The number of nitrogens with zero attached hydrogens (tertiary/aromatic N) is 1. The Bertz CT molecular complexity index is 386. The molecule has 18 heavy (non-hydrogen) atoms. The highest BCUT2D eigenvalue weighted by atomic mass is 19.1. The van der Waals surface area contributed by atoms with E-state index in [4.69, 9.17) is 10.5 Å². The zero-order chi connectivity index (χ0) is 13.0. The van der Waals surface area contributed by atoms with Crippen molar-refractivity contribution in [2.75, 3.05) is 26.2 Å². The molecular formula is C14H21FN2O. The second-order valence-electron chi connectivity index (χ2n) is 4.91. The Balaban J connectivity index is 1.93. The third kappa shape index (κ3) is 3.51. The van der Waals surface area contributed by atoms with E-state index in [0.717, 1.165) is 31.7 Å². The van der Waals surface area contributed by atoms with Crippen LogP contribution in [0.25, 0.3) is 0 Å². The Kier molecular flexibility index (Phi) is 4.69. The maximum atomic E-state index is 13.1. The Hall–Kier alpha value is -0.970. The number of morpholine rings is 1. The van der Waals surface area contributed by atoms with Crippen LogP contribution >= 0.6 is 0 Å². The minimum absolute atomic E-state index is 0.133. The van der Waals surface area contributed by atoms with E-state index in [1.165, 1.54) is 6.07 Å². The van der Waals surface area contributed by atoms with E-state index in [1.54, 1.807) is 12.1 Å². The van der Waals surface area contributed by atoms with Crippen LogP contribution in [0.2, 0.25) is 0 Å². The Morgan fingerprint density at radius 3 is 3.11 bits per heavy atom. The summed E-state index contributed by atoms with van der Waals surface area (Å²) in [5.74, 6) is -0.165. The van der Waals surface area contributed by atoms with Crippen LogP contribution in [0.5, 0.6) is 0 Å². The monoisotopic (exact) mass is 252 g/mol. The van der Waals surface area contributed by atoms with Gasteiger partial charge in [0.1, 0.15) is 5.82 Å². The molecule has 1 aromatic rings. The van der Waals surface area contributed by atoms with Crippen molar-refractivity contribution in [2.24, 2.45) is 5.73 Å². The van der Waals surface area contributed by atoms with Crippen molar-refractivity contribution in [1.82, 2.24) is 4.90 Å². The summed E-state index contributed by atoms with van der Waals surface area (Å²) in [6.07, 6.45) is 0.989. The number of benzene rings is 1. The van der Waals surface area contributed by atoms with E-state index in [1.807, 2.05) is 6.07 Å². The smallest absolute Gasteiger partial charge is 0.123 e. The lowest BCUT2D eigenvalue weighted by Gasteiger charge is -2.36. The minimum atomic E-state index is -0.165. The molecule has 3 nitrogen and oxygen atoms in total. The van der Waals surface area contributed by atoms with Crippen LogP contribution < -0.4 is 5.73 Å². The van der Waals surface area contributed by atoms with E-state index in [9.17, 15) is 4.39 Å². The van der Waals surface area contributed by atoms with Crippen molar-refractivity contribution in [3.05, 3.63) is 35.6 Å². The molecule has 1 saturated heterocycles. The lowest BCUT2D eigenvalue weighted by molar-refractivity contribution is -0.0358. The summed E-state index contributed by atoms with van der Waals surface area (Å²) in [6.45, 7) is 5.25. The first-order valence-electron chi connectivity index (χ1n) is 6.49. The number of nitrogens with two attached hydrogens (primary N) is 1. The van der Waals surface area contributed by atoms with Gasteiger partial charge in [-0.3, -0.25) is 4.90 Å². The molecule has 0 bridgehead atoms. The first kappa shape index (κ1) is 13.5. The summed E-state index contributed by atoms with van der Waals surface area (Å²) in [4.78, 5) is 2.37. The highest BCUT2D eigenvalue weighted by molar-refractivity contribution is 5.17. The topological polar surface area (TPSA) is 38.5 Å². The summed E-state index contributed by atoms with van der Waals surface area (Å²) < 4.78 is 18.7. The summed E-state index contributed by atoms with van der Waals surface area (Å²) in [7, 11) is 0. The average molecular weight is 252 g/mol. The molecule has 0 aliphatic carbocycles. The predicted octanol–water partition coefficient (Wildman–Crippen LogP) is 1.42. The first-order valence-corrected chi connectivity index (χ1v) is 6.49. The van der Waals surface area contributed by atoms with Gasteiger partial charge in [-0.1, -0.05) is 12.1 Å². The number of ether oxygens (including phenoxy) is 1. The standard InChI is InChI=1S/C14H21FN2O/c1-11(7-12-3-2-4-13(15)8-12)17-5-6-18-14(9-16)10-17/h2-4,8,11,14H,5-7,9-10,16H2,1H3. The van der Waals surface area contributed by atoms with Gasteiger partial charge in [0.25, 0.3) is 0 Å². The van der Waals surface area contributed by atoms with Crippen molar-refractivity contribution in [1.29, 1.82) is 0 Å². The molecule has 1 fully saturated rings. The van der Waals surface area contributed by atoms with Crippen LogP contribution in [-0.2, 0) is 11.2 Å². The summed E-state index contributed by atoms with van der Waals surface area (Å²) in [6, 6.07) is 7.20. The Labute approximate surface area is 108 Å². The second-order valence-corrected chi connectivity index (χ2v) is 4.91. The molecule has 0 saturated carbocycles. The van der Waals surface area contributed by atoms with E-state index in [0.29, 0.717) is 12.6 Å².